The largest absolute Gasteiger partial charge is 0.382 e. The van der Waals surface area contributed by atoms with Crippen LogP contribution in [0.25, 0.3) is 0 Å². The number of halogens is 1. The molecule has 0 aromatic heterocycles. The van der Waals surface area contributed by atoms with E-state index in [4.69, 9.17) is 4.74 Å². The lowest BCUT2D eigenvalue weighted by molar-refractivity contribution is 0.145. The van der Waals surface area contributed by atoms with Crippen molar-refractivity contribution in [2.75, 3.05) is 31.6 Å². The van der Waals surface area contributed by atoms with Crippen molar-refractivity contribution in [3.8, 4) is 0 Å². The molecule has 0 aromatic carbocycles. The molecule has 0 aromatic rings. The maximum Gasteiger partial charge on any atom is 0.0477 e. The third-order valence-electron chi connectivity index (χ3n) is 2.08. The Balaban J connectivity index is 2.78. The molecule has 0 fully saturated rings. The van der Waals surface area contributed by atoms with Gasteiger partial charge in [0, 0.05) is 18.5 Å². The second kappa shape index (κ2) is 13.4. The highest BCUT2D eigenvalue weighted by molar-refractivity contribution is 9.09. The summed E-state index contributed by atoms with van der Waals surface area (Å²) < 4.78 is 5.25. The molecule has 0 bridgehead atoms. The van der Waals surface area contributed by atoms with Crippen LogP contribution in [-0.4, -0.2) is 31.6 Å². The third kappa shape index (κ3) is 12.4. The van der Waals surface area contributed by atoms with E-state index in [0.29, 0.717) is 0 Å². The maximum absolute atomic E-state index is 5.25. The average molecular weight is 266 g/mol. The fourth-order valence-corrected chi connectivity index (χ4v) is 1.66. The Kier molecular flexibility index (Phi) is 13.8. The summed E-state index contributed by atoms with van der Waals surface area (Å²) in [7, 11) is 0. The van der Waals surface area contributed by atoms with Crippen molar-refractivity contribution < 1.29 is 4.74 Å². The lowest BCUT2D eigenvalue weighted by Crippen LogP contribution is -2.18. The Labute approximate surface area is 96.9 Å². The molecule has 0 atom stereocenters. The number of hydrogen-bond donors (Lipinski definition) is 1. The van der Waals surface area contributed by atoms with Crippen LogP contribution < -0.4 is 5.32 Å². The molecule has 0 radical (unpaired) electrons. The molecule has 0 saturated carbocycles. The number of unbranched alkanes of at least 4 members (excludes halogenated alkanes) is 3. The zero-order chi connectivity index (χ0) is 10.5. The molecular weight excluding hydrogens is 242 g/mol. The molecule has 14 heavy (non-hydrogen) atoms. The molecule has 0 aliphatic carbocycles. The number of nitrogens with one attached hydrogen (secondary N) is 1. The molecule has 3 heteroatoms. The van der Waals surface area contributed by atoms with Crippen molar-refractivity contribution in [2.45, 2.75) is 39.0 Å². The summed E-state index contributed by atoms with van der Waals surface area (Å²) in [5.41, 5.74) is 0. The van der Waals surface area contributed by atoms with E-state index < -0.39 is 0 Å². The zero-order valence-electron chi connectivity index (χ0n) is 9.36. The second-order valence-corrected chi connectivity index (χ2v) is 4.20. The maximum atomic E-state index is 5.25. The first-order valence-corrected chi connectivity index (χ1v) is 6.88. The van der Waals surface area contributed by atoms with Gasteiger partial charge in [-0.3, -0.25) is 0 Å². The molecule has 2 nitrogen and oxygen atoms in total. The Morgan fingerprint density at radius 3 is 2.43 bits per heavy atom. The van der Waals surface area contributed by atoms with Gasteiger partial charge in [-0.05, 0) is 39.3 Å². The summed E-state index contributed by atoms with van der Waals surface area (Å²) >= 11 is 3.44. The van der Waals surface area contributed by atoms with Crippen LogP contribution in [0.15, 0.2) is 0 Å². The topological polar surface area (TPSA) is 21.3 Å². The van der Waals surface area contributed by atoms with Crippen molar-refractivity contribution >= 4 is 15.9 Å². The standard InChI is InChI=1S/C11H24BrNO/c1-2-14-11-7-10-13-9-6-4-3-5-8-12/h13H,2-11H2,1H3. The highest BCUT2D eigenvalue weighted by atomic mass is 79.9. The third-order valence-corrected chi connectivity index (χ3v) is 2.64. The summed E-state index contributed by atoms with van der Waals surface area (Å²) in [5.74, 6) is 0. The smallest absolute Gasteiger partial charge is 0.0477 e. The van der Waals surface area contributed by atoms with Crippen molar-refractivity contribution in [1.82, 2.24) is 5.32 Å². The predicted molar refractivity (Wildman–Crippen MR) is 66.2 cm³/mol. The van der Waals surface area contributed by atoms with Gasteiger partial charge in [-0.1, -0.05) is 28.8 Å². The molecule has 1 N–H and O–H groups in total. The molecule has 0 rings (SSSR count). The van der Waals surface area contributed by atoms with Crippen LogP contribution in [0.4, 0.5) is 0 Å². The Morgan fingerprint density at radius 1 is 1.00 bits per heavy atom. The number of ether oxygens (including phenoxy) is 1. The molecule has 0 heterocycles. The highest BCUT2D eigenvalue weighted by Gasteiger charge is 1.90. The lowest BCUT2D eigenvalue weighted by Gasteiger charge is -2.04. The quantitative estimate of drug-likeness (QED) is 0.458. The Hall–Kier alpha value is 0.400. The van der Waals surface area contributed by atoms with Crippen molar-refractivity contribution in [2.24, 2.45) is 0 Å². The number of rotatable bonds is 11. The van der Waals surface area contributed by atoms with E-state index >= 15 is 0 Å². The van der Waals surface area contributed by atoms with E-state index in [9.17, 15) is 0 Å². The fraction of sp³-hybridized carbons (Fsp3) is 1.00. The Bertz CT molecular complexity index is 89.3. The van der Waals surface area contributed by atoms with Gasteiger partial charge in [0.2, 0.25) is 0 Å². The minimum atomic E-state index is 0.840. The van der Waals surface area contributed by atoms with Gasteiger partial charge in [-0.25, -0.2) is 0 Å². The van der Waals surface area contributed by atoms with E-state index in [0.717, 1.165) is 38.1 Å². The van der Waals surface area contributed by atoms with Crippen LogP contribution in [-0.2, 0) is 4.74 Å². The number of alkyl halides is 1. The first kappa shape index (κ1) is 14.4. The molecule has 0 amide bonds. The normalized spacial score (nSPS) is 10.7. The van der Waals surface area contributed by atoms with Gasteiger partial charge >= 0.3 is 0 Å². The van der Waals surface area contributed by atoms with E-state index in [1.165, 1.54) is 25.7 Å². The van der Waals surface area contributed by atoms with Gasteiger partial charge in [-0.15, -0.1) is 0 Å². The van der Waals surface area contributed by atoms with Gasteiger partial charge in [0.15, 0.2) is 0 Å². The van der Waals surface area contributed by atoms with Gasteiger partial charge in [0.25, 0.3) is 0 Å². The van der Waals surface area contributed by atoms with Crippen LogP contribution in [0.2, 0.25) is 0 Å². The lowest BCUT2D eigenvalue weighted by atomic mass is 10.2. The molecule has 0 unspecified atom stereocenters. The minimum absolute atomic E-state index is 0.840. The van der Waals surface area contributed by atoms with E-state index in [-0.39, 0.29) is 0 Å². The Morgan fingerprint density at radius 2 is 1.71 bits per heavy atom. The van der Waals surface area contributed by atoms with Gasteiger partial charge in [-0.2, -0.15) is 0 Å². The first-order valence-electron chi connectivity index (χ1n) is 5.76. The van der Waals surface area contributed by atoms with E-state index in [1.54, 1.807) is 0 Å². The van der Waals surface area contributed by atoms with Crippen LogP contribution in [0.3, 0.4) is 0 Å². The number of hydrogen-bond acceptors (Lipinski definition) is 2. The summed E-state index contributed by atoms with van der Waals surface area (Å²) in [6.07, 6.45) is 6.46. The summed E-state index contributed by atoms with van der Waals surface area (Å²) in [6.45, 7) is 6.03. The minimum Gasteiger partial charge on any atom is -0.382 e. The van der Waals surface area contributed by atoms with E-state index in [1.807, 2.05) is 6.92 Å². The van der Waals surface area contributed by atoms with Crippen LogP contribution in [0.5, 0.6) is 0 Å². The van der Waals surface area contributed by atoms with E-state index in [2.05, 4.69) is 21.2 Å². The molecule has 0 saturated heterocycles. The van der Waals surface area contributed by atoms with Crippen LogP contribution in [0.1, 0.15) is 39.0 Å². The highest BCUT2D eigenvalue weighted by Crippen LogP contribution is 2.00. The summed E-state index contributed by atoms with van der Waals surface area (Å²) in [4.78, 5) is 0. The van der Waals surface area contributed by atoms with Crippen molar-refractivity contribution in [1.29, 1.82) is 0 Å². The SMILES string of the molecule is CCOCCCNCCCCCCBr. The molecule has 0 aliphatic rings. The second-order valence-electron chi connectivity index (χ2n) is 3.40. The van der Waals surface area contributed by atoms with Crippen molar-refractivity contribution in [3.05, 3.63) is 0 Å². The summed E-state index contributed by atoms with van der Waals surface area (Å²) in [6, 6.07) is 0. The van der Waals surface area contributed by atoms with Gasteiger partial charge in [0.1, 0.15) is 0 Å². The molecule has 0 spiro atoms. The molecule has 86 valence electrons. The van der Waals surface area contributed by atoms with Crippen LogP contribution in [0, 0.1) is 0 Å². The van der Waals surface area contributed by atoms with Crippen molar-refractivity contribution in [3.63, 3.8) is 0 Å². The predicted octanol–water partition coefficient (Wildman–Crippen LogP) is 2.96. The molecular formula is C11H24BrNO. The first-order chi connectivity index (χ1) is 6.91. The average Bonchev–Trinajstić information content (AvgIpc) is 2.21. The fourth-order valence-electron chi connectivity index (χ4n) is 1.27. The molecule has 0 aliphatic heterocycles. The van der Waals surface area contributed by atoms with Gasteiger partial charge in [0.05, 0.1) is 0 Å². The van der Waals surface area contributed by atoms with Crippen LogP contribution >= 0.6 is 15.9 Å². The van der Waals surface area contributed by atoms with Gasteiger partial charge < -0.3 is 10.1 Å². The zero-order valence-corrected chi connectivity index (χ0v) is 10.9. The monoisotopic (exact) mass is 265 g/mol. The summed E-state index contributed by atoms with van der Waals surface area (Å²) in [5, 5.41) is 4.58.